The fraction of sp³-hybridized carbons (Fsp3) is 0.385. The standard InChI is InChI=1S/C13H16N2O/c1-3-11-4-6-12(7-5-11)10(2)15-13(16)8-9-14/h4-7,10H,3,8H2,1-2H3,(H,15,16)/t10-/m0/s1. The van der Waals surface area contributed by atoms with Crippen molar-refractivity contribution in [2.75, 3.05) is 0 Å². The van der Waals surface area contributed by atoms with Crippen LogP contribution in [0.15, 0.2) is 24.3 Å². The van der Waals surface area contributed by atoms with Gasteiger partial charge in [0.25, 0.3) is 0 Å². The summed E-state index contributed by atoms with van der Waals surface area (Å²) >= 11 is 0. The largest absolute Gasteiger partial charge is 0.349 e. The van der Waals surface area contributed by atoms with Crippen molar-refractivity contribution in [1.82, 2.24) is 5.32 Å². The van der Waals surface area contributed by atoms with Gasteiger partial charge >= 0.3 is 0 Å². The van der Waals surface area contributed by atoms with Crippen LogP contribution in [0.4, 0.5) is 0 Å². The van der Waals surface area contributed by atoms with Crippen molar-refractivity contribution in [2.45, 2.75) is 32.7 Å². The second-order valence-corrected chi connectivity index (χ2v) is 3.72. The molecule has 0 saturated carbocycles. The molecule has 1 rings (SSSR count). The summed E-state index contributed by atoms with van der Waals surface area (Å²) in [5.74, 6) is -0.227. The van der Waals surface area contributed by atoms with Crippen molar-refractivity contribution in [2.24, 2.45) is 0 Å². The molecule has 1 atom stereocenters. The molecule has 1 aromatic carbocycles. The smallest absolute Gasteiger partial charge is 0.234 e. The fourth-order valence-electron chi connectivity index (χ4n) is 1.49. The Morgan fingerprint density at radius 1 is 1.44 bits per heavy atom. The van der Waals surface area contributed by atoms with Crippen molar-refractivity contribution in [3.63, 3.8) is 0 Å². The molecule has 1 amide bonds. The van der Waals surface area contributed by atoms with Gasteiger partial charge in [-0.1, -0.05) is 31.2 Å². The summed E-state index contributed by atoms with van der Waals surface area (Å²) in [7, 11) is 0. The first-order chi connectivity index (χ1) is 7.67. The minimum absolute atomic E-state index is 0.0493. The van der Waals surface area contributed by atoms with Crippen molar-refractivity contribution < 1.29 is 4.79 Å². The second-order valence-electron chi connectivity index (χ2n) is 3.72. The van der Waals surface area contributed by atoms with E-state index in [1.807, 2.05) is 25.1 Å². The van der Waals surface area contributed by atoms with Crippen LogP contribution in [-0.4, -0.2) is 5.91 Å². The summed E-state index contributed by atoms with van der Waals surface area (Å²) in [5.41, 5.74) is 2.34. The van der Waals surface area contributed by atoms with Gasteiger partial charge in [-0.3, -0.25) is 4.79 Å². The maximum Gasteiger partial charge on any atom is 0.234 e. The van der Waals surface area contributed by atoms with Gasteiger partial charge in [0.2, 0.25) is 5.91 Å². The van der Waals surface area contributed by atoms with E-state index in [0.717, 1.165) is 12.0 Å². The minimum atomic E-state index is -0.227. The molecule has 0 bridgehead atoms. The number of carbonyl (C=O) groups excluding carboxylic acids is 1. The molecule has 0 aromatic heterocycles. The number of rotatable bonds is 4. The molecule has 0 aliphatic rings. The van der Waals surface area contributed by atoms with E-state index in [9.17, 15) is 4.79 Å². The quantitative estimate of drug-likeness (QED) is 0.839. The van der Waals surface area contributed by atoms with Crippen molar-refractivity contribution in [3.05, 3.63) is 35.4 Å². The summed E-state index contributed by atoms with van der Waals surface area (Å²) < 4.78 is 0. The van der Waals surface area contributed by atoms with Crippen LogP contribution in [0.1, 0.15) is 37.4 Å². The SMILES string of the molecule is CCc1ccc([C@H](C)NC(=O)CC#N)cc1. The highest BCUT2D eigenvalue weighted by molar-refractivity contribution is 5.78. The van der Waals surface area contributed by atoms with Crippen molar-refractivity contribution in [1.29, 1.82) is 5.26 Å². The molecule has 0 aliphatic carbocycles. The Morgan fingerprint density at radius 2 is 2.06 bits per heavy atom. The van der Waals surface area contributed by atoms with Gasteiger partial charge in [-0.25, -0.2) is 0 Å². The van der Waals surface area contributed by atoms with Crippen LogP contribution in [0, 0.1) is 11.3 Å². The Balaban J connectivity index is 2.62. The highest BCUT2D eigenvalue weighted by atomic mass is 16.1. The molecule has 0 aliphatic heterocycles. The third-order valence-corrected chi connectivity index (χ3v) is 2.51. The Hall–Kier alpha value is -1.82. The van der Waals surface area contributed by atoms with Crippen molar-refractivity contribution >= 4 is 5.91 Å². The Labute approximate surface area is 96.1 Å². The number of aryl methyl sites for hydroxylation is 1. The summed E-state index contributed by atoms with van der Waals surface area (Å²) in [6.07, 6.45) is 0.923. The topological polar surface area (TPSA) is 52.9 Å². The monoisotopic (exact) mass is 216 g/mol. The predicted molar refractivity (Wildman–Crippen MR) is 62.6 cm³/mol. The first kappa shape index (κ1) is 12.3. The number of nitriles is 1. The second kappa shape index (κ2) is 5.92. The molecular formula is C13H16N2O. The first-order valence-corrected chi connectivity index (χ1v) is 5.42. The van der Waals surface area contributed by atoms with Crippen LogP contribution < -0.4 is 5.32 Å². The van der Waals surface area contributed by atoms with Crippen LogP contribution in [0.25, 0.3) is 0 Å². The third kappa shape index (κ3) is 3.39. The summed E-state index contributed by atoms with van der Waals surface area (Å²) in [5, 5.41) is 11.2. The lowest BCUT2D eigenvalue weighted by Gasteiger charge is -2.13. The van der Waals surface area contributed by atoms with Crippen LogP contribution in [0.2, 0.25) is 0 Å². The Bertz CT molecular complexity index is 389. The number of benzene rings is 1. The summed E-state index contributed by atoms with van der Waals surface area (Å²) in [4.78, 5) is 11.2. The van der Waals surface area contributed by atoms with E-state index in [-0.39, 0.29) is 18.4 Å². The van der Waals surface area contributed by atoms with Crippen LogP contribution in [0.5, 0.6) is 0 Å². The predicted octanol–water partition coefficient (Wildman–Crippen LogP) is 2.34. The molecule has 0 saturated heterocycles. The first-order valence-electron chi connectivity index (χ1n) is 5.42. The average molecular weight is 216 g/mol. The van der Waals surface area contributed by atoms with E-state index >= 15 is 0 Å². The molecule has 16 heavy (non-hydrogen) atoms. The lowest BCUT2D eigenvalue weighted by Crippen LogP contribution is -2.25. The highest BCUT2D eigenvalue weighted by Crippen LogP contribution is 2.13. The van der Waals surface area contributed by atoms with E-state index in [1.165, 1.54) is 5.56 Å². The molecule has 1 aromatic rings. The number of nitrogens with zero attached hydrogens (tertiary/aromatic N) is 1. The van der Waals surface area contributed by atoms with Gasteiger partial charge in [0, 0.05) is 0 Å². The maximum atomic E-state index is 11.2. The highest BCUT2D eigenvalue weighted by Gasteiger charge is 2.08. The third-order valence-electron chi connectivity index (χ3n) is 2.51. The van der Waals surface area contributed by atoms with Crippen molar-refractivity contribution in [3.8, 4) is 6.07 Å². The fourth-order valence-corrected chi connectivity index (χ4v) is 1.49. The number of amides is 1. The molecule has 0 spiro atoms. The average Bonchev–Trinajstić information content (AvgIpc) is 2.29. The van der Waals surface area contributed by atoms with Gasteiger partial charge in [0.1, 0.15) is 6.42 Å². The van der Waals surface area contributed by atoms with E-state index < -0.39 is 0 Å². The molecule has 3 heteroatoms. The van der Waals surface area contributed by atoms with E-state index in [1.54, 1.807) is 0 Å². The zero-order valence-electron chi connectivity index (χ0n) is 9.66. The Morgan fingerprint density at radius 3 is 2.56 bits per heavy atom. The molecule has 0 fully saturated rings. The lowest BCUT2D eigenvalue weighted by molar-refractivity contribution is -0.120. The van der Waals surface area contributed by atoms with Crippen LogP contribution >= 0.6 is 0 Å². The van der Waals surface area contributed by atoms with Gasteiger partial charge in [-0.15, -0.1) is 0 Å². The number of carbonyl (C=O) groups is 1. The van der Waals surface area contributed by atoms with Crippen LogP contribution in [0.3, 0.4) is 0 Å². The molecule has 1 N–H and O–H groups in total. The lowest BCUT2D eigenvalue weighted by atomic mass is 10.0. The molecule has 3 nitrogen and oxygen atoms in total. The zero-order chi connectivity index (χ0) is 12.0. The van der Waals surface area contributed by atoms with Crippen LogP contribution in [-0.2, 0) is 11.2 Å². The molecular weight excluding hydrogens is 200 g/mol. The molecule has 0 unspecified atom stereocenters. The van der Waals surface area contributed by atoms with Gasteiger partial charge in [-0.05, 0) is 24.5 Å². The van der Waals surface area contributed by atoms with E-state index in [2.05, 4.69) is 24.4 Å². The number of hydrogen-bond acceptors (Lipinski definition) is 2. The van der Waals surface area contributed by atoms with Gasteiger partial charge in [0.15, 0.2) is 0 Å². The van der Waals surface area contributed by atoms with E-state index in [0.29, 0.717) is 0 Å². The molecule has 84 valence electrons. The maximum absolute atomic E-state index is 11.2. The van der Waals surface area contributed by atoms with Gasteiger partial charge in [-0.2, -0.15) is 5.26 Å². The minimum Gasteiger partial charge on any atom is -0.349 e. The van der Waals surface area contributed by atoms with Gasteiger partial charge < -0.3 is 5.32 Å². The van der Waals surface area contributed by atoms with E-state index in [4.69, 9.17) is 5.26 Å². The zero-order valence-corrected chi connectivity index (χ0v) is 9.66. The molecule has 0 heterocycles. The number of nitrogens with one attached hydrogen (secondary N) is 1. The molecule has 0 radical (unpaired) electrons. The number of hydrogen-bond donors (Lipinski definition) is 1. The van der Waals surface area contributed by atoms with Gasteiger partial charge in [0.05, 0.1) is 12.1 Å². The summed E-state index contributed by atoms with van der Waals surface area (Å²) in [6, 6.07) is 9.92. The Kier molecular flexibility index (Phi) is 4.53. The summed E-state index contributed by atoms with van der Waals surface area (Å²) in [6.45, 7) is 4.02. The normalized spacial score (nSPS) is 11.6.